The van der Waals surface area contributed by atoms with Crippen molar-refractivity contribution in [2.45, 2.75) is 26.3 Å². The van der Waals surface area contributed by atoms with E-state index in [9.17, 15) is 4.79 Å². The highest BCUT2D eigenvalue weighted by Crippen LogP contribution is 2.32. The van der Waals surface area contributed by atoms with Gasteiger partial charge in [-0.2, -0.15) is 0 Å². The number of nitrogens with one attached hydrogen (secondary N) is 1. The number of carbonyl (C=O) groups is 1. The second-order valence-corrected chi connectivity index (χ2v) is 3.83. The maximum absolute atomic E-state index is 11.3. The zero-order valence-corrected chi connectivity index (χ0v) is 8.42. The van der Waals surface area contributed by atoms with Gasteiger partial charge in [0.15, 0.2) is 0 Å². The summed E-state index contributed by atoms with van der Waals surface area (Å²) in [5.41, 5.74) is 10.2. The van der Waals surface area contributed by atoms with Crippen molar-refractivity contribution in [3.05, 3.63) is 28.8 Å². The number of rotatable bonds is 0. The lowest BCUT2D eigenvalue weighted by molar-refractivity contribution is -0.116. The predicted molar refractivity (Wildman–Crippen MR) is 56.1 cm³/mol. The molecule has 0 aromatic heterocycles. The van der Waals surface area contributed by atoms with Gasteiger partial charge in [0.2, 0.25) is 5.91 Å². The molecule has 1 unspecified atom stereocenters. The first-order valence-corrected chi connectivity index (χ1v) is 4.75. The lowest BCUT2D eigenvalue weighted by Gasteiger charge is -2.24. The topological polar surface area (TPSA) is 55.1 Å². The number of hydrogen-bond donors (Lipinski definition) is 2. The fraction of sp³-hybridized carbons (Fsp3) is 0.364. The number of fused-ring (bicyclic) bond motifs is 1. The van der Waals surface area contributed by atoms with Crippen molar-refractivity contribution in [3.8, 4) is 0 Å². The van der Waals surface area contributed by atoms with Crippen molar-refractivity contribution < 1.29 is 4.79 Å². The van der Waals surface area contributed by atoms with Crippen molar-refractivity contribution in [2.75, 3.05) is 5.32 Å². The van der Waals surface area contributed by atoms with Gasteiger partial charge in [0.05, 0.1) is 0 Å². The molecule has 0 saturated heterocycles. The van der Waals surface area contributed by atoms with Gasteiger partial charge in [0, 0.05) is 18.2 Å². The van der Waals surface area contributed by atoms with E-state index in [2.05, 4.69) is 5.32 Å². The molecule has 0 radical (unpaired) electrons. The molecule has 0 bridgehead atoms. The molecule has 1 atom stereocenters. The van der Waals surface area contributed by atoms with E-state index in [0.29, 0.717) is 6.42 Å². The molecule has 0 saturated carbocycles. The van der Waals surface area contributed by atoms with Gasteiger partial charge < -0.3 is 11.1 Å². The van der Waals surface area contributed by atoms with Crippen LogP contribution in [0.5, 0.6) is 0 Å². The summed E-state index contributed by atoms with van der Waals surface area (Å²) in [7, 11) is 0. The van der Waals surface area contributed by atoms with E-state index in [0.717, 1.165) is 16.8 Å². The average Bonchev–Trinajstić information content (AvgIpc) is 2.12. The molecule has 74 valence electrons. The van der Waals surface area contributed by atoms with Gasteiger partial charge in [-0.15, -0.1) is 0 Å². The Morgan fingerprint density at radius 3 is 2.86 bits per heavy atom. The predicted octanol–water partition coefficient (Wildman–Crippen LogP) is 1.65. The van der Waals surface area contributed by atoms with Crippen LogP contribution in [0.2, 0.25) is 0 Å². The summed E-state index contributed by atoms with van der Waals surface area (Å²) in [5, 5.41) is 2.88. The minimum Gasteiger partial charge on any atom is -0.325 e. The molecule has 1 aromatic rings. The highest BCUT2D eigenvalue weighted by molar-refractivity contribution is 5.95. The fourth-order valence-corrected chi connectivity index (χ4v) is 1.81. The highest BCUT2D eigenvalue weighted by atomic mass is 16.1. The van der Waals surface area contributed by atoms with Crippen LogP contribution in [0.15, 0.2) is 12.1 Å². The van der Waals surface area contributed by atoms with Crippen LogP contribution in [0.4, 0.5) is 5.69 Å². The standard InChI is InChI=1S/C11H14N2O/c1-6-3-4-8-9(12)5-10(14)13-11(8)7(6)2/h3-4,9H,5,12H2,1-2H3,(H,13,14). The Kier molecular flexibility index (Phi) is 2.04. The second kappa shape index (κ2) is 3.10. The highest BCUT2D eigenvalue weighted by Gasteiger charge is 2.23. The molecular weight excluding hydrogens is 176 g/mol. The van der Waals surface area contributed by atoms with Crippen LogP contribution in [0.25, 0.3) is 0 Å². The Bertz CT molecular complexity index is 399. The molecule has 2 rings (SSSR count). The van der Waals surface area contributed by atoms with Crippen molar-refractivity contribution in [1.29, 1.82) is 0 Å². The van der Waals surface area contributed by atoms with Crippen LogP contribution >= 0.6 is 0 Å². The molecule has 1 aliphatic rings. The molecule has 3 heteroatoms. The molecule has 14 heavy (non-hydrogen) atoms. The monoisotopic (exact) mass is 190 g/mol. The number of hydrogen-bond acceptors (Lipinski definition) is 2. The summed E-state index contributed by atoms with van der Waals surface area (Å²) in [5.74, 6) is 0.0127. The first-order chi connectivity index (χ1) is 6.59. The summed E-state index contributed by atoms with van der Waals surface area (Å²) in [6.45, 7) is 4.04. The van der Waals surface area contributed by atoms with Crippen LogP contribution in [0, 0.1) is 13.8 Å². The van der Waals surface area contributed by atoms with Gasteiger partial charge in [-0.1, -0.05) is 12.1 Å². The Morgan fingerprint density at radius 2 is 2.14 bits per heavy atom. The molecule has 0 aliphatic carbocycles. The van der Waals surface area contributed by atoms with Crippen LogP contribution in [0.1, 0.15) is 29.2 Å². The zero-order valence-electron chi connectivity index (χ0n) is 8.42. The quantitative estimate of drug-likeness (QED) is 0.653. The first-order valence-electron chi connectivity index (χ1n) is 4.75. The van der Waals surface area contributed by atoms with Crippen LogP contribution in [-0.2, 0) is 4.79 Å². The SMILES string of the molecule is Cc1ccc2c(c1C)NC(=O)CC2N. The van der Waals surface area contributed by atoms with Gasteiger partial charge >= 0.3 is 0 Å². The summed E-state index contributed by atoms with van der Waals surface area (Å²) in [6, 6.07) is 3.89. The third kappa shape index (κ3) is 1.30. The first kappa shape index (κ1) is 9.21. The number of carbonyl (C=O) groups excluding carboxylic acids is 1. The van der Waals surface area contributed by atoms with E-state index in [-0.39, 0.29) is 11.9 Å². The number of nitrogens with two attached hydrogens (primary N) is 1. The van der Waals surface area contributed by atoms with E-state index >= 15 is 0 Å². The molecule has 0 spiro atoms. The minimum atomic E-state index is -0.155. The molecule has 1 amide bonds. The Labute approximate surface area is 83.3 Å². The zero-order chi connectivity index (χ0) is 10.3. The van der Waals surface area contributed by atoms with Gasteiger partial charge in [0.1, 0.15) is 0 Å². The summed E-state index contributed by atoms with van der Waals surface area (Å²) < 4.78 is 0. The lowest BCUT2D eigenvalue weighted by Crippen LogP contribution is -2.28. The van der Waals surface area contributed by atoms with E-state index in [1.807, 2.05) is 26.0 Å². The second-order valence-electron chi connectivity index (χ2n) is 3.83. The fourth-order valence-electron chi connectivity index (χ4n) is 1.81. The lowest BCUT2D eigenvalue weighted by atomic mass is 9.93. The number of anilines is 1. The minimum absolute atomic E-state index is 0.0127. The molecule has 3 nitrogen and oxygen atoms in total. The van der Waals surface area contributed by atoms with Crippen molar-refractivity contribution in [1.82, 2.24) is 0 Å². The molecular formula is C11H14N2O. The van der Waals surface area contributed by atoms with E-state index < -0.39 is 0 Å². The summed E-state index contributed by atoms with van der Waals surface area (Å²) in [6.07, 6.45) is 0.384. The third-order valence-electron chi connectivity index (χ3n) is 2.84. The summed E-state index contributed by atoms with van der Waals surface area (Å²) >= 11 is 0. The molecule has 3 N–H and O–H groups in total. The van der Waals surface area contributed by atoms with E-state index in [4.69, 9.17) is 5.73 Å². The van der Waals surface area contributed by atoms with Crippen molar-refractivity contribution in [3.63, 3.8) is 0 Å². The smallest absolute Gasteiger partial charge is 0.226 e. The van der Waals surface area contributed by atoms with Crippen molar-refractivity contribution in [2.24, 2.45) is 5.73 Å². The van der Waals surface area contributed by atoms with Gasteiger partial charge in [-0.25, -0.2) is 0 Å². The molecule has 1 heterocycles. The van der Waals surface area contributed by atoms with E-state index in [1.165, 1.54) is 5.56 Å². The van der Waals surface area contributed by atoms with Crippen LogP contribution in [-0.4, -0.2) is 5.91 Å². The molecule has 1 aromatic carbocycles. The third-order valence-corrected chi connectivity index (χ3v) is 2.84. The number of aryl methyl sites for hydroxylation is 1. The number of amides is 1. The normalized spacial score (nSPS) is 20.2. The Hall–Kier alpha value is -1.35. The molecule has 1 aliphatic heterocycles. The number of benzene rings is 1. The van der Waals surface area contributed by atoms with Crippen LogP contribution in [0.3, 0.4) is 0 Å². The van der Waals surface area contributed by atoms with E-state index in [1.54, 1.807) is 0 Å². The molecule has 0 fully saturated rings. The van der Waals surface area contributed by atoms with Gasteiger partial charge in [0.25, 0.3) is 0 Å². The summed E-state index contributed by atoms with van der Waals surface area (Å²) in [4.78, 5) is 11.3. The van der Waals surface area contributed by atoms with Gasteiger partial charge in [-0.3, -0.25) is 4.79 Å². The van der Waals surface area contributed by atoms with Crippen molar-refractivity contribution >= 4 is 11.6 Å². The maximum atomic E-state index is 11.3. The van der Waals surface area contributed by atoms with Crippen LogP contribution < -0.4 is 11.1 Å². The maximum Gasteiger partial charge on any atom is 0.226 e. The largest absolute Gasteiger partial charge is 0.325 e. The Balaban J connectivity index is 2.59. The average molecular weight is 190 g/mol. The Morgan fingerprint density at radius 1 is 1.43 bits per heavy atom. The van der Waals surface area contributed by atoms with Gasteiger partial charge in [-0.05, 0) is 30.5 Å².